The summed E-state index contributed by atoms with van der Waals surface area (Å²) in [6.45, 7) is 8.14. The number of carbonyl (C=O) groups excluding carboxylic acids is 1. The van der Waals surface area contributed by atoms with Crippen molar-refractivity contribution < 1.29 is 31.1 Å². The zero-order chi connectivity index (χ0) is 34.1. The Hall–Kier alpha value is -4.27. The van der Waals surface area contributed by atoms with Gasteiger partial charge in [0.15, 0.2) is 5.82 Å². The number of anilines is 1. The number of hydrogen-bond donors (Lipinski definition) is 2. The summed E-state index contributed by atoms with van der Waals surface area (Å²) in [6, 6.07) is 9.01. The number of sulfonamides is 1. The molecule has 2 aromatic heterocycles. The summed E-state index contributed by atoms with van der Waals surface area (Å²) in [6.07, 6.45) is 4.72. The molecular formula is C33H37F3N6O4S. The fourth-order valence-electron chi connectivity index (χ4n) is 5.58. The van der Waals surface area contributed by atoms with Crippen molar-refractivity contribution in [2.24, 2.45) is 0 Å². The number of ether oxygens (including phenoxy) is 1. The van der Waals surface area contributed by atoms with Crippen LogP contribution in [0.1, 0.15) is 46.6 Å². The highest BCUT2D eigenvalue weighted by atomic mass is 32.2. The Kier molecular flexibility index (Phi) is 9.75. The van der Waals surface area contributed by atoms with Crippen LogP contribution in [0.4, 0.5) is 19.0 Å². The fourth-order valence-corrected chi connectivity index (χ4v) is 6.62. The van der Waals surface area contributed by atoms with Crippen LogP contribution in [-0.4, -0.2) is 66.5 Å². The van der Waals surface area contributed by atoms with E-state index in [9.17, 15) is 17.6 Å². The molecule has 3 heterocycles. The summed E-state index contributed by atoms with van der Waals surface area (Å²) >= 11 is 0. The second-order valence-electron chi connectivity index (χ2n) is 12.4. The van der Waals surface area contributed by atoms with Crippen LogP contribution in [0.15, 0.2) is 59.8 Å². The number of nitrogens with zero attached hydrogens (tertiary/aromatic N) is 4. The number of nitrogens with one attached hydrogen (secondary N) is 2. The Balaban J connectivity index is 1.64. The lowest BCUT2D eigenvalue weighted by Crippen LogP contribution is -2.37. The van der Waals surface area contributed by atoms with Crippen molar-refractivity contribution in [1.29, 1.82) is 0 Å². The largest absolute Gasteiger partial charge is 0.369 e. The lowest BCUT2D eigenvalue weighted by Gasteiger charge is -2.31. The first-order valence-corrected chi connectivity index (χ1v) is 16.5. The fraction of sp³-hybridized carbons (Fsp3) is 0.364. The van der Waals surface area contributed by atoms with E-state index in [4.69, 9.17) is 9.84 Å². The lowest BCUT2D eigenvalue weighted by atomic mass is 9.97. The molecule has 1 aliphatic rings. The van der Waals surface area contributed by atoms with Crippen LogP contribution in [-0.2, 0) is 19.6 Å². The summed E-state index contributed by atoms with van der Waals surface area (Å²) in [4.78, 5) is 17.1. The van der Waals surface area contributed by atoms with Crippen molar-refractivity contribution in [3.63, 3.8) is 0 Å². The first-order valence-electron chi connectivity index (χ1n) is 15.0. The van der Waals surface area contributed by atoms with E-state index in [-0.39, 0.29) is 34.3 Å². The van der Waals surface area contributed by atoms with Crippen molar-refractivity contribution in [3.8, 4) is 33.5 Å². The monoisotopic (exact) mass is 670 g/mol. The molecule has 1 saturated heterocycles. The van der Waals surface area contributed by atoms with Crippen LogP contribution in [0, 0.1) is 17.5 Å². The van der Waals surface area contributed by atoms with Gasteiger partial charge in [0, 0.05) is 67.3 Å². The highest BCUT2D eigenvalue weighted by Crippen LogP contribution is 2.39. The van der Waals surface area contributed by atoms with E-state index in [0.717, 1.165) is 6.07 Å². The van der Waals surface area contributed by atoms with Gasteiger partial charge in [-0.1, -0.05) is 12.1 Å². The highest BCUT2D eigenvalue weighted by Gasteiger charge is 2.28. The smallest absolute Gasteiger partial charge is 0.245 e. The van der Waals surface area contributed by atoms with E-state index in [1.807, 2.05) is 37.8 Å². The minimum atomic E-state index is -4.52. The molecule has 0 unspecified atom stereocenters. The predicted octanol–water partition coefficient (Wildman–Crippen LogP) is 5.97. The molecule has 0 atom stereocenters. The number of rotatable bonds is 9. The van der Waals surface area contributed by atoms with Gasteiger partial charge in [-0.25, -0.2) is 26.6 Å². The van der Waals surface area contributed by atoms with Gasteiger partial charge in [-0.2, -0.15) is 9.82 Å². The molecule has 14 heteroatoms. The summed E-state index contributed by atoms with van der Waals surface area (Å²) < 4.78 is 81.0. The molecule has 2 aromatic carbocycles. The zero-order valence-electron chi connectivity index (χ0n) is 26.8. The second-order valence-corrected chi connectivity index (χ2v) is 14.2. The van der Waals surface area contributed by atoms with Crippen LogP contribution >= 0.6 is 0 Å². The van der Waals surface area contributed by atoms with E-state index in [2.05, 4.69) is 10.3 Å². The molecule has 0 saturated carbocycles. The number of likely N-dealkylation sites (tertiary alicyclic amines) is 1. The summed E-state index contributed by atoms with van der Waals surface area (Å²) in [5.74, 6) is -2.71. The Labute approximate surface area is 272 Å². The van der Waals surface area contributed by atoms with Gasteiger partial charge in [-0.05, 0) is 69.5 Å². The average molecular weight is 671 g/mol. The standard InChI is InChI=1S/C33H37F3N6O4S/c1-20(43)41-13-10-23(11-14-41)42-18-27(21-9-12-37-29(15-21)39-33(2,3)4)32(40-42)25-8-6-7-24(30(25)35)26-16-22(34)17-28(31(26)36)47(44,45)38-19-46-5/h6-9,12,15-18,23,38H,10-11,13-14,19H2,1-5H3,(H,37,39). The molecule has 4 aromatic rings. The molecular weight excluding hydrogens is 633 g/mol. The third-order valence-corrected chi connectivity index (χ3v) is 9.19. The number of carbonyl (C=O) groups is 1. The Morgan fingerprint density at radius 1 is 1.00 bits per heavy atom. The quantitative estimate of drug-likeness (QED) is 0.211. The molecule has 1 amide bonds. The Morgan fingerprint density at radius 2 is 1.70 bits per heavy atom. The molecule has 1 fully saturated rings. The molecule has 10 nitrogen and oxygen atoms in total. The second kappa shape index (κ2) is 13.5. The zero-order valence-corrected chi connectivity index (χ0v) is 27.6. The molecule has 0 spiro atoms. The van der Waals surface area contributed by atoms with Gasteiger partial charge >= 0.3 is 0 Å². The van der Waals surface area contributed by atoms with E-state index in [0.29, 0.717) is 48.9 Å². The van der Waals surface area contributed by atoms with Gasteiger partial charge in [0.1, 0.15) is 34.8 Å². The van der Waals surface area contributed by atoms with Gasteiger partial charge < -0.3 is 15.0 Å². The van der Waals surface area contributed by atoms with Crippen LogP contribution in [0.3, 0.4) is 0 Å². The van der Waals surface area contributed by atoms with Crippen molar-refractivity contribution in [2.45, 2.75) is 57.0 Å². The van der Waals surface area contributed by atoms with Gasteiger partial charge in [0.25, 0.3) is 0 Å². The summed E-state index contributed by atoms with van der Waals surface area (Å²) in [7, 11) is -3.29. The third kappa shape index (κ3) is 7.50. The topological polar surface area (TPSA) is 118 Å². The molecule has 2 N–H and O–H groups in total. The molecule has 250 valence electrons. The number of benzene rings is 2. The van der Waals surface area contributed by atoms with Crippen LogP contribution in [0.25, 0.3) is 33.5 Å². The lowest BCUT2D eigenvalue weighted by molar-refractivity contribution is -0.130. The van der Waals surface area contributed by atoms with E-state index < -0.39 is 44.7 Å². The van der Waals surface area contributed by atoms with E-state index >= 15 is 8.78 Å². The van der Waals surface area contributed by atoms with Crippen molar-refractivity contribution in [1.82, 2.24) is 24.4 Å². The molecule has 0 aliphatic carbocycles. The Morgan fingerprint density at radius 3 is 2.36 bits per heavy atom. The minimum absolute atomic E-state index is 0.00476. The van der Waals surface area contributed by atoms with Crippen LogP contribution in [0.2, 0.25) is 0 Å². The van der Waals surface area contributed by atoms with Gasteiger partial charge in [-0.3, -0.25) is 9.48 Å². The van der Waals surface area contributed by atoms with Crippen molar-refractivity contribution in [2.75, 3.05) is 32.2 Å². The number of aromatic nitrogens is 3. The number of amides is 1. The maximum atomic E-state index is 16.6. The van der Waals surface area contributed by atoms with Gasteiger partial charge in [0.05, 0.1) is 6.04 Å². The van der Waals surface area contributed by atoms with Gasteiger partial charge in [-0.15, -0.1) is 0 Å². The number of hydrogen-bond acceptors (Lipinski definition) is 7. The van der Waals surface area contributed by atoms with Crippen LogP contribution < -0.4 is 10.0 Å². The minimum Gasteiger partial charge on any atom is -0.369 e. The third-order valence-electron chi connectivity index (χ3n) is 7.82. The normalized spacial score (nSPS) is 14.4. The first-order chi connectivity index (χ1) is 22.2. The van der Waals surface area contributed by atoms with Crippen LogP contribution in [0.5, 0.6) is 0 Å². The predicted molar refractivity (Wildman–Crippen MR) is 172 cm³/mol. The molecule has 0 radical (unpaired) electrons. The number of pyridine rings is 1. The average Bonchev–Trinajstić information content (AvgIpc) is 3.46. The maximum Gasteiger partial charge on any atom is 0.245 e. The SMILES string of the molecule is COCNS(=O)(=O)c1cc(F)cc(-c2cccc(-c3nn(C4CCN(C(C)=O)CC4)cc3-c3ccnc(NC(C)(C)C)c3)c2F)c1F. The number of halogens is 3. The van der Waals surface area contributed by atoms with E-state index in [1.165, 1.54) is 32.2 Å². The van der Waals surface area contributed by atoms with Gasteiger partial charge in [0.2, 0.25) is 15.9 Å². The summed E-state index contributed by atoms with van der Waals surface area (Å²) in [5.41, 5.74) is 0.310. The summed E-state index contributed by atoms with van der Waals surface area (Å²) in [5, 5.41) is 8.16. The molecule has 0 bridgehead atoms. The van der Waals surface area contributed by atoms with Crippen molar-refractivity contribution >= 4 is 21.7 Å². The number of piperidine rings is 1. The Bertz CT molecular complexity index is 1900. The molecule has 47 heavy (non-hydrogen) atoms. The van der Waals surface area contributed by atoms with E-state index in [1.54, 1.807) is 21.8 Å². The maximum absolute atomic E-state index is 16.6. The van der Waals surface area contributed by atoms with Crippen molar-refractivity contribution in [3.05, 3.63) is 72.3 Å². The number of methoxy groups -OCH3 is 1. The molecule has 1 aliphatic heterocycles. The first kappa shape index (κ1) is 34.1. The highest BCUT2D eigenvalue weighted by molar-refractivity contribution is 7.89. The molecule has 5 rings (SSSR count).